The Morgan fingerprint density at radius 3 is 2.47 bits per heavy atom. The van der Waals surface area contributed by atoms with Crippen LogP contribution < -0.4 is 5.32 Å². The predicted octanol–water partition coefficient (Wildman–Crippen LogP) is 2.33. The standard InChI is InChI=1S/C11H18N2O2/c1-7(2)9-6-8(13-15-9)10(14)12-11(3,4)5/h6-7H,1-5H3,(H,12,14). The first kappa shape index (κ1) is 11.8. The van der Waals surface area contributed by atoms with Crippen LogP contribution in [0.4, 0.5) is 0 Å². The Bertz CT molecular complexity index is 348. The molecule has 1 heterocycles. The Balaban J connectivity index is 2.75. The minimum Gasteiger partial charge on any atom is -0.360 e. The minimum absolute atomic E-state index is 0.196. The van der Waals surface area contributed by atoms with Gasteiger partial charge in [0.2, 0.25) is 0 Å². The Morgan fingerprint density at radius 2 is 2.07 bits per heavy atom. The molecule has 0 saturated heterocycles. The van der Waals surface area contributed by atoms with Gasteiger partial charge in [0, 0.05) is 17.5 Å². The molecule has 0 spiro atoms. The van der Waals surface area contributed by atoms with E-state index in [9.17, 15) is 4.79 Å². The van der Waals surface area contributed by atoms with Gasteiger partial charge in [0.05, 0.1) is 0 Å². The van der Waals surface area contributed by atoms with Crippen molar-refractivity contribution in [3.63, 3.8) is 0 Å². The molecular weight excluding hydrogens is 192 g/mol. The summed E-state index contributed by atoms with van der Waals surface area (Å²) in [4.78, 5) is 11.7. The molecule has 4 nitrogen and oxygen atoms in total. The number of carbonyl (C=O) groups is 1. The van der Waals surface area contributed by atoms with Gasteiger partial charge in [0.1, 0.15) is 5.76 Å². The fourth-order valence-electron chi connectivity index (χ4n) is 1.07. The molecule has 4 heteroatoms. The van der Waals surface area contributed by atoms with E-state index in [4.69, 9.17) is 4.52 Å². The average molecular weight is 210 g/mol. The fourth-order valence-corrected chi connectivity index (χ4v) is 1.07. The van der Waals surface area contributed by atoms with E-state index >= 15 is 0 Å². The smallest absolute Gasteiger partial charge is 0.273 e. The number of carbonyl (C=O) groups excluding carboxylic acids is 1. The zero-order valence-electron chi connectivity index (χ0n) is 9.92. The molecule has 0 radical (unpaired) electrons. The zero-order chi connectivity index (χ0) is 11.6. The maximum atomic E-state index is 11.7. The lowest BCUT2D eigenvalue weighted by Crippen LogP contribution is -2.40. The average Bonchev–Trinajstić information content (AvgIpc) is 2.47. The van der Waals surface area contributed by atoms with Gasteiger partial charge >= 0.3 is 0 Å². The molecule has 0 bridgehead atoms. The SMILES string of the molecule is CC(C)c1cc(C(=O)NC(C)(C)C)no1. The number of rotatable bonds is 2. The van der Waals surface area contributed by atoms with Crippen LogP contribution in [-0.2, 0) is 0 Å². The van der Waals surface area contributed by atoms with Crippen LogP contribution in [0.1, 0.15) is 56.8 Å². The van der Waals surface area contributed by atoms with Crippen LogP contribution in [0.2, 0.25) is 0 Å². The van der Waals surface area contributed by atoms with Gasteiger partial charge in [-0.15, -0.1) is 0 Å². The van der Waals surface area contributed by atoms with E-state index in [-0.39, 0.29) is 17.4 Å². The summed E-state index contributed by atoms with van der Waals surface area (Å²) in [6, 6.07) is 1.69. The van der Waals surface area contributed by atoms with Crippen LogP contribution >= 0.6 is 0 Å². The second kappa shape index (κ2) is 4.04. The summed E-state index contributed by atoms with van der Waals surface area (Å²) in [5, 5.41) is 6.56. The third-order valence-corrected chi connectivity index (χ3v) is 1.82. The molecule has 1 aromatic heterocycles. The summed E-state index contributed by atoms with van der Waals surface area (Å²) in [7, 11) is 0. The normalized spacial score (nSPS) is 11.9. The van der Waals surface area contributed by atoms with Crippen LogP contribution in [0.5, 0.6) is 0 Å². The third-order valence-electron chi connectivity index (χ3n) is 1.82. The minimum atomic E-state index is -0.256. The van der Waals surface area contributed by atoms with Crippen molar-refractivity contribution in [2.45, 2.75) is 46.1 Å². The molecule has 0 atom stereocenters. The van der Waals surface area contributed by atoms with E-state index in [2.05, 4.69) is 10.5 Å². The Hall–Kier alpha value is -1.32. The lowest BCUT2D eigenvalue weighted by Gasteiger charge is -2.19. The second-order valence-corrected chi connectivity index (χ2v) is 4.97. The molecule has 0 aliphatic heterocycles. The highest BCUT2D eigenvalue weighted by Crippen LogP contribution is 2.15. The van der Waals surface area contributed by atoms with Crippen molar-refractivity contribution in [3.05, 3.63) is 17.5 Å². The molecule has 0 unspecified atom stereocenters. The van der Waals surface area contributed by atoms with Gasteiger partial charge in [-0.05, 0) is 20.8 Å². The van der Waals surface area contributed by atoms with Crippen LogP contribution in [0.15, 0.2) is 10.6 Å². The van der Waals surface area contributed by atoms with Crippen LogP contribution in [0.25, 0.3) is 0 Å². The molecule has 1 aromatic rings. The Labute approximate surface area is 90.0 Å². The molecule has 15 heavy (non-hydrogen) atoms. The highest BCUT2D eigenvalue weighted by Gasteiger charge is 2.19. The summed E-state index contributed by atoms with van der Waals surface area (Å²) in [5.41, 5.74) is 0.0854. The first-order chi connectivity index (χ1) is 6.79. The van der Waals surface area contributed by atoms with E-state index in [1.165, 1.54) is 0 Å². The van der Waals surface area contributed by atoms with Gasteiger partial charge in [-0.2, -0.15) is 0 Å². The number of hydrogen-bond acceptors (Lipinski definition) is 3. The van der Waals surface area contributed by atoms with E-state index in [0.717, 1.165) is 5.76 Å². The highest BCUT2D eigenvalue weighted by atomic mass is 16.5. The number of nitrogens with zero attached hydrogens (tertiary/aromatic N) is 1. The molecule has 1 N–H and O–H groups in total. The topological polar surface area (TPSA) is 55.1 Å². The maximum absolute atomic E-state index is 11.7. The maximum Gasteiger partial charge on any atom is 0.273 e. The largest absolute Gasteiger partial charge is 0.360 e. The predicted molar refractivity (Wildman–Crippen MR) is 57.8 cm³/mol. The van der Waals surface area contributed by atoms with Crippen LogP contribution in [0, 0.1) is 0 Å². The second-order valence-electron chi connectivity index (χ2n) is 4.97. The fraction of sp³-hybridized carbons (Fsp3) is 0.636. The number of amides is 1. The lowest BCUT2D eigenvalue weighted by atomic mass is 10.1. The third kappa shape index (κ3) is 3.38. The Morgan fingerprint density at radius 1 is 1.47 bits per heavy atom. The van der Waals surface area contributed by atoms with Gasteiger partial charge in [0.15, 0.2) is 5.69 Å². The first-order valence-electron chi connectivity index (χ1n) is 5.09. The molecule has 0 aliphatic rings. The van der Waals surface area contributed by atoms with Crippen molar-refractivity contribution in [3.8, 4) is 0 Å². The van der Waals surface area contributed by atoms with Crippen LogP contribution in [0.3, 0.4) is 0 Å². The summed E-state index contributed by atoms with van der Waals surface area (Å²) < 4.78 is 5.05. The van der Waals surface area contributed by atoms with Gasteiger partial charge in [-0.1, -0.05) is 19.0 Å². The summed E-state index contributed by atoms with van der Waals surface area (Å²) >= 11 is 0. The Kier molecular flexibility index (Phi) is 3.17. The van der Waals surface area contributed by atoms with Crippen molar-refractivity contribution in [2.75, 3.05) is 0 Å². The van der Waals surface area contributed by atoms with Crippen molar-refractivity contribution < 1.29 is 9.32 Å². The highest BCUT2D eigenvalue weighted by molar-refractivity contribution is 5.92. The molecule has 0 saturated carbocycles. The molecule has 0 aromatic carbocycles. The van der Waals surface area contributed by atoms with Gasteiger partial charge in [-0.25, -0.2) is 0 Å². The van der Waals surface area contributed by atoms with Crippen molar-refractivity contribution in [1.82, 2.24) is 10.5 Å². The molecule has 84 valence electrons. The number of nitrogens with one attached hydrogen (secondary N) is 1. The summed E-state index contributed by atoms with van der Waals surface area (Å²) in [6.07, 6.45) is 0. The van der Waals surface area contributed by atoms with E-state index < -0.39 is 0 Å². The zero-order valence-corrected chi connectivity index (χ0v) is 9.92. The molecular formula is C11H18N2O2. The van der Waals surface area contributed by atoms with Gasteiger partial charge in [0.25, 0.3) is 5.91 Å². The quantitative estimate of drug-likeness (QED) is 0.815. The van der Waals surface area contributed by atoms with Crippen molar-refractivity contribution in [1.29, 1.82) is 0 Å². The molecule has 1 amide bonds. The molecule has 0 fully saturated rings. The molecule has 0 aliphatic carbocycles. The number of aromatic nitrogens is 1. The summed E-state index contributed by atoms with van der Waals surface area (Å²) in [6.45, 7) is 9.76. The van der Waals surface area contributed by atoms with E-state index in [1.54, 1.807) is 6.07 Å². The van der Waals surface area contributed by atoms with Crippen LogP contribution in [-0.4, -0.2) is 16.6 Å². The monoisotopic (exact) mass is 210 g/mol. The first-order valence-corrected chi connectivity index (χ1v) is 5.09. The molecule has 1 rings (SSSR count). The van der Waals surface area contributed by atoms with Gasteiger partial charge < -0.3 is 9.84 Å². The van der Waals surface area contributed by atoms with E-state index in [0.29, 0.717) is 5.69 Å². The number of hydrogen-bond donors (Lipinski definition) is 1. The summed E-state index contributed by atoms with van der Waals surface area (Å²) in [5.74, 6) is 0.779. The van der Waals surface area contributed by atoms with Crippen molar-refractivity contribution in [2.24, 2.45) is 0 Å². The van der Waals surface area contributed by atoms with E-state index in [1.807, 2.05) is 34.6 Å². The lowest BCUT2D eigenvalue weighted by molar-refractivity contribution is 0.0910. The van der Waals surface area contributed by atoms with Gasteiger partial charge in [-0.3, -0.25) is 4.79 Å². The van der Waals surface area contributed by atoms with Crippen molar-refractivity contribution >= 4 is 5.91 Å².